The molecule has 0 radical (unpaired) electrons. The fourth-order valence-electron chi connectivity index (χ4n) is 2.33. The summed E-state index contributed by atoms with van der Waals surface area (Å²) in [6.07, 6.45) is 1.14. The first kappa shape index (κ1) is 21.2. The maximum Gasteiger partial charge on any atom is 0.191 e. The number of rotatable bonds is 7. The first-order valence-electron chi connectivity index (χ1n) is 7.90. The van der Waals surface area contributed by atoms with E-state index in [0.717, 1.165) is 43.5 Å². The summed E-state index contributed by atoms with van der Waals surface area (Å²) in [5.74, 6) is 2.78. The molecule has 1 unspecified atom stereocenters. The van der Waals surface area contributed by atoms with Gasteiger partial charge < -0.3 is 15.2 Å². The highest BCUT2D eigenvalue weighted by atomic mass is 127. The second kappa shape index (κ2) is 10.9. The second-order valence-electron chi connectivity index (χ2n) is 5.97. The van der Waals surface area contributed by atoms with Gasteiger partial charge >= 0.3 is 0 Å². The van der Waals surface area contributed by atoms with Gasteiger partial charge in [-0.2, -0.15) is 0 Å². The largest absolute Gasteiger partial charge is 0.361 e. The van der Waals surface area contributed by atoms with E-state index in [1.807, 2.05) is 13.8 Å². The molecular weight excluding hydrogens is 391 g/mol. The molecule has 0 saturated carbocycles. The number of aromatic nitrogens is 1. The lowest BCUT2D eigenvalue weighted by Crippen LogP contribution is -2.38. The molecule has 0 aromatic carbocycles. The lowest BCUT2D eigenvalue weighted by molar-refractivity contribution is 0.391. The smallest absolute Gasteiger partial charge is 0.191 e. The number of nitrogens with one attached hydrogen (secondary N) is 2. The fourth-order valence-corrected chi connectivity index (χ4v) is 2.33. The van der Waals surface area contributed by atoms with Crippen LogP contribution in [0.25, 0.3) is 0 Å². The lowest BCUT2D eigenvalue weighted by atomic mass is 10.00. The third-order valence-electron chi connectivity index (χ3n) is 3.46. The van der Waals surface area contributed by atoms with Gasteiger partial charge in [-0.15, -0.1) is 24.0 Å². The number of hydrogen-bond acceptors (Lipinski definition) is 3. The normalized spacial score (nSPS) is 13.0. The SMILES string of the molecule is CCNC(=NCC(C)c1c(C)noc1C)NCCC(C)C.I. The van der Waals surface area contributed by atoms with Crippen LogP contribution >= 0.6 is 24.0 Å². The molecule has 6 heteroatoms. The van der Waals surface area contributed by atoms with Crippen molar-refractivity contribution in [2.75, 3.05) is 19.6 Å². The van der Waals surface area contributed by atoms with Crippen LogP contribution in [0.4, 0.5) is 0 Å². The van der Waals surface area contributed by atoms with Crippen LogP contribution in [-0.4, -0.2) is 30.8 Å². The summed E-state index contributed by atoms with van der Waals surface area (Å²) in [7, 11) is 0. The first-order valence-corrected chi connectivity index (χ1v) is 7.90. The summed E-state index contributed by atoms with van der Waals surface area (Å²) in [6, 6.07) is 0. The minimum Gasteiger partial charge on any atom is -0.361 e. The molecular formula is C16H31IN4O. The Balaban J connectivity index is 0.00000441. The van der Waals surface area contributed by atoms with Gasteiger partial charge in [0.25, 0.3) is 0 Å². The Morgan fingerprint density at radius 1 is 1.23 bits per heavy atom. The maximum absolute atomic E-state index is 5.23. The van der Waals surface area contributed by atoms with E-state index in [-0.39, 0.29) is 24.0 Å². The predicted molar refractivity (Wildman–Crippen MR) is 103 cm³/mol. The standard InChI is InChI=1S/C16H30N4O.HI/c1-7-17-16(18-9-8-11(2)3)19-10-12(4)15-13(5)20-21-14(15)6;/h11-12H,7-10H2,1-6H3,(H2,17,18,19);1H. The summed E-state index contributed by atoms with van der Waals surface area (Å²) in [6.45, 7) is 15.2. The van der Waals surface area contributed by atoms with Crippen LogP contribution < -0.4 is 10.6 Å². The molecule has 0 amide bonds. The molecule has 1 heterocycles. The van der Waals surface area contributed by atoms with Gasteiger partial charge in [-0.3, -0.25) is 4.99 Å². The molecule has 22 heavy (non-hydrogen) atoms. The zero-order chi connectivity index (χ0) is 15.8. The molecule has 0 fully saturated rings. The summed E-state index contributed by atoms with van der Waals surface area (Å²) >= 11 is 0. The third kappa shape index (κ3) is 6.98. The molecule has 0 aliphatic carbocycles. The summed E-state index contributed by atoms with van der Waals surface area (Å²) in [5.41, 5.74) is 2.14. The quantitative estimate of drug-likeness (QED) is 0.400. The molecule has 5 nitrogen and oxygen atoms in total. The molecule has 1 aromatic rings. The number of aryl methyl sites for hydroxylation is 2. The van der Waals surface area contributed by atoms with Gasteiger partial charge in [0.05, 0.1) is 5.69 Å². The van der Waals surface area contributed by atoms with Crippen molar-refractivity contribution < 1.29 is 4.52 Å². The predicted octanol–water partition coefficient (Wildman–Crippen LogP) is 3.61. The monoisotopic (exact) mass is 422 g/mol. The fraction of sp³-hybridized carbons (Fsp3) is 0.750. The molecule has 0 aliphatic rings. The van der Waals surface area contributed by atoms with Crippen molar-refractivity contribution in [1.82, 2.24) is 15.8 Å². The molecule has 1 rings (SSSR count). The zero-order valence-corrected chi connectivity index (χ0v) is 17.0. The minimum atomic E-state index is 0. The Hall–Kier alpha value is -0.790. The highest BCUT2D eigenvalue weighted by molar-refractivity contribution is 14.0. The van der Waals surface area contributed by atoms with E-state index in [1.165, 1.54) is 5.56 Å². The number of guanidine groups is 1. The van der Waals surface area contributed by atoms with Crippen LogP contribution in [0, 0.1) is 19.8 Å². The number of aliphatic imine (C=N–C) groups is 1. The van der Waals surface area contributed by atoms with Gasteiger partial charge in [0.15, 0.2) is 5.96 Å². The molecule has 128 valence electrons. The highest BCUT2D eigenvalue weighted by Crippen LogP contribution is 2.23. The molecule has 0 saturated heterocycles. The van der Waals surface area contributed by atoms with E-state index in [0.29, 0.717) is 11.8 Å². The van der Waals surface area contributed by atoms with Crippen LogP contribution in [0.3, 0.4) is 0 Å². The Bertz CT molecular complexity index is 437. The van der Waals surface area contributed by atoms with Crippen molar-refractivity contribution in [3.63, 3.8) is 0 Å². The van der Waals surface area contributed by atoms with Crippen LogP contribution in [0.15, 0.2) is 9.52 Å². The third-order valence-corrected chi connectivity index (χ3v) is 3.46. The van der Waals surface area contributed by atoms with Crippen LogP contribution in [0.1, 0.15) is 57.1 Å². The van der Waals surface area contributed by atoms with Crippen LogP contribution in [-0.2, 0) is 0 Å². The molecule has 0 aliphatic heterocycles. The van der Waals surface area contributed by atoms with E-state index in [4.69, 9.17) is 4.52 Å². The van der Waals surface area contributed by atoms with Crippen molar-refractivity contribution in [3.05, 3.63) is 17.0 Å². The Morgan fingerprint density at radius 3 is 2.41 bits per heavy atom. The van der Waals surface area contributed by atoms with Crippen LogP contribution in [0.5, 0.6) is 0 Å². The maximum atomic E-state index is 5.23. The number of hydrogen-bond donors (Lipinski definition) is 2. The van der Waals surface area contributed by atoms with Crippen molar-refractivity contribution in [2.24, 2.45) is 10.9 Å². The molecule has 1 aromatic heterocycles. The van der Waals surface area contributed by atoms with Gasteiger partial charge in [0.2, 0.25) is 0 Å². The molecule has 1 atom stereocenters. The summed E-state index contributed by atoms with van der Waals surface area (Å²) in [4.78, 5) is 4.67. The van der Waals surface area contributed by atoms with Gasteiger partial charge in [0.1, 0.15) is 5.76 Å². The molecule has 2 N–H and O–H groups in total. The second-order valence-corrected chi connectivity index (χ2v) is 5.97. The van der Waals surface area contributed by atoms with Crippen LogP contribution in [0.2, 0.25) is 0 Å². The Morgan fingerprint density at radius 2 is 1.91 bits per heavy atom. The van der Waals surface area contributed by atoms with Gasteiger partial charge in [-0.25, -0.2) is 0 Å². The average Bonchev–Trinajstić information content (AvgIpc) is 2.75. The first-order chi connectivity index (χ1) is 9.95. The molecule has 0 spiro atoms. The van der Waals surface area contributed by atoms with Crippen molar-refractivity contribution in [1.29, 1.82) is 0 Å². The van der Waals surface area contributed by atoms with E-state index >= 15 is 0 Å². The lowest BCUT2D eigenvalue weighted by Gasteiger charge is -2.14. The summed E-state index contributed by atoms with van der Waals surface area (Å²) < 4.78 is 5.23. The van der Waals surface area contributed by atoms with Gasteiger partial charge in [-0.1, -0.05) is 25.9 Å². The van der Waals surface area contributed by atoms with E-state index in [2.05, 4.69) is 48.5 Å². The van der Waals surface area contributed by atoms with E-state index < -0.39 is 0 Å². The highest BCUT2D eigenvalue weighted by Gasteiger charge is 2.16. The van der Waals surface area contributed by atoms with Crippen molar-refractivity contribution in [2.45, 2.75) is 53.9 Å². The molecule has 0 bridgehead atoms. The van der Waals surface area contributed by atoms with E-state index in [1.54, 1.807) is 0 Å². The van der Waals surface area contributed by atoms with E-state index in [9.17, 15) is 0 Å². The Labute approximate surface area is 151 Å². The zero-order valence-electron chi connectivity index (χ0n) is 14.7. The minimum absolute atomic E-state index is 0. The van der Waals surface area contributed by atoms with Gasteiger partial charge in [-0.05, 0) is 33.1 Å². The van der Waals surface area contributed by atoms with Crippen molar-refractivity contribution >= 4 is 29.9 Å². The number of nitrogens with zero attached hydrogens (tertiary/aromatic N) is 2. The number of halogens is 1. The topological polar surface area (TPSA) is 62.5 Å². The Kier molecular flexibility index (Phi) is 10.5. The van der Waals surface area contributed by atoms with Crippen molar-refractivity contribution in [3.8, 4) is 0 Å². The summed E-state index contributed by atoms with van der Waals surface area (Å²) in [5, 5.41) is 10.7. The van der Waals surface area contributed by atoms with Gasteiger partial charge in [0, 0.05) is 31.1 Å². The average molecular weight is 422 g/mol.